The maximum Gasteiger partial charge on any atom is 0.174 e. The van der Waals surface area contributed by atoms with Gasteiger partial charge < -0.3 is 14.8 Å². The van der Waals surface area contributed by atoms with Gasteiger partial charge in [-0.05, 0) is 36.6 Å². The number of ether oxygens (including phenoxy) is 2. The van der Waals surface area contributed by atoms with E-state index in [1.54, 1.807) is 0 Å². The number of nitrogens with one attached hydrogen (secondary N) is 1. The zero-order valence-electron chi connectivity index (χ0n) is 10.6. The molecular weight excluding hydrogens is 228 g/mol. The van der Waals surface area contributed by atoms with Crippen LogP contribution < -0.4 is 10.1 Å². The van der Waals surface area contributed by atoms with Gasteiger partial charge in [-0.1, -0.05) is 6.92 Å². The minimum absolute atomic E-state index is 0.0871. The Hall–Kier alpha value is -1.73. The largest absolute Gasteiger partial charge is 0.479 e. The van der Waals surface area contributed by atoms with E-state index in [2.05, 4.69) is 12.2 Å². The zero-order valence-corrected chi connectivity index (χ0v) is 10.6. The first kappa shape index (κ1) is 12.7. The Morgan fingerprint density at radius 1 is 1.44 bits per heavy atom. The molecule has 96 valence electrons. The number of hydrogen-bond donors (Lipinski definition) is 1. The Bertz CT molecular complexity index is 411. The fraction of sp³-hybridized carbons (Fsp3) is 0.500. The molecule has 18 heavy (non-hydrogen) atoms. The highest BCUT2D eigenvalue weighted by Crippen LogP contribution is 2.21. The van der Waals surface area contributed by atoms with Crippen molar-refractivity contribution in [2.75, 3.05) is 25.1 Å². The SMILES string of the molecule is CC1COCCC1Nc1ccc(OCC#N)cc1. The molecule has 1 aromatic carbocycles. The average Bonchev–Trinajstić information content (AvgIpc) is 2.41. The Balaban J connectivity index is 1.91. The lowest BCUT2D eigenvalue weighted by molar-refractivity contribution is 0.0538. The number of nitrogens with zero attached hydrogens (tertiary/aromatic N) is 1. The Morgan fingerprint density at radius 3 is 2.89 bits per heavy atom. The lowest BCUT2D eigenvalue weighted by Crippen LogP contribution is -2.35. The Kier molecular flexibility index (Phi) is 4.43. The third-order valence-electron chi connectivity index (χ3n) is 3.15. The molecule has 1 N–H and O–H groups in total. The summed E-state index contributed by atoms with van der Waals surface area (Å²) >= 11 is 0. The van der Waals surface area contributed by atoms with Crippen molar-refractivity contribution in [3.05, 3.63) is 24.3 Å². The van der Waals surface area contributed by atoms with Gasteiger partial charge in [0.05, 0.1) is 6.61 Å². The van der Waals surface area contributed by atoms with E-state index in [-0.39, 0.29) is 6.61 Å². The number of anilines is 1. The summed E-state index contributed by atoms with van der Waals surface area (Å²) in [6.07, 6.45) is 1.04. The van der Waals surface area contributed by atoms with Gasteiger partial charge in [0, 0.05) is 18.3 Å². The lowest BCUT2D eigenvalue weighted by atomic mass is 9.97. The molecule has 1 aliphatic rings. The van der Waals surface area contributed by atoms with Crippen molar-refractivity contribution >= 4 is 5.69 Å². The van der Waals surface area contributed by atoms with E-state index < -0.39 is 0 Å². The van der Waals surface area contributed by atoms with E-state index in [9.17, 15) is 0 Å². The smallest absolute Gasteiger partial charge is 0.174 e. The predicted octanol–water partition coefficient (Wildman–Crippen LogP) is 2.43. The van der Waals surface area contributed by atoms with Crippen LogP contribution in [0.1, 0.15) is 13.3 Å². The van der Waals surface area contributed by atoms with E-state index in [1.807, 2.05) is 30.3 Å². The van der Waals surface area contributed by atoms with Gasteiger partial charge >= 0.3 is 0 Å². The van der Waals surface area contributed by atoms with Crippen LogP contribution >= 0.6 is 0 Å². The normalized spacial score (nSPS) is 23.1. The van der Waals surface area contributed by atoms with Gasteiger partial charge in [-0.15, -0.1) is 0 Å². The van der Waals surface area contributed by atoms with E-state index >= 15 is 0 Å². The number of nitriles is 1. The monoisotopic (exact) mass is 246 g/mol. The molecule has 1 heterocycles. The van der Waals surface area contributed by atoms with Crippen LogP contribution in [0.3, 0.4) is 0 Å². The van der Waals surface area contributed by atoms with Crippen molar-refractivity contribution in [1.29, 1.82) is 5.26 Å². The molecule has 1 saturated heterocycles. The fourth-order valence-corrected chi connectivity index (χ4v) is 2.07. The molecule has 2 rings (SSSR count). The van der Waals surface area contributed by atoms with Gasteiger partial charge in [-0.2, -0.15) is 5.26 Å². The minimum Gasteiger partial charge on any atom is -0.479 e. The molecule has 0 saturated carbocycles. The fourth-order valence-electron chi connectivity index (χ4n) is 2.07. The summed E-state index contributed by atoms with van der Waals surface area (Å²) in [5.41, 5.74) is 1.08. The molecule has 0 aromatic heterocycles. The summed E-state index contributed by atoms with van der Waals surface area (Å²) in [6, 6.07) is 10.1. The number of rotatable bonds is 4. The molecule has 1 fully saturated rings. The molecule has 0 amide bonds. The summed E-state index contributed by atoms with van der Waals surface area (Å²) < 4.78 is 10.6. The molecule has 4 nitrogen and oxygen atoms in total. The van der Waals surface area contributed by atoms with Crippen LogP contribution in [0.5, 0.6) is 5.75 Å². The summed E-state index contributed by atoms with van der Waals surface area (Å²) in [7, 11) is 0. The van der Waals surface area contributed by atoms with Crippen LogP contribution in [0.15, 0.2) is 24.3 Å². The Labute approximate surface area is 108 Å². The second-order valence-corrected chi connectivity index (χ2v) is 4.56. The highest BCUT2D eigenvalue weighted by atomic mass is 16.5. The average molecular weight is 246 g/mol. The molecule has 0 bridgehead atoms. The third-order valence-corrected chi connectivity index (χ3v) is 3.15. The summed E-state index contributed by atoms with van der Waals surface area (Å²) in [6.45, 7) is 3.93. The molecule has 4 heteroatoms. The van der Waals surface area contributed by atoms with Crippen molar-refractivity contribution < 1.29 is 9.47 Å². The van der Waals surface area contributed by atoms with Crippen molar-refractivity contribution in [2.24, 2.45) is 5.92 Å². The van der Waals surface area contributed by atoms with Crippen molar-refractivity contribution in [3.8, 4) is 11.8 Å². The number of hydrogen-bond acceptors (Lipinski definition) is 4. The van der Waals surface area contributed by atoms with E-state index in [1.165, 1.54) is 0 Å². The van der Waals surface area contributed by atoms with Crippen LogP contribution in [-0.2, 0) is 4.74 Å². The minimum atomic E-state index is 0.0871. The van der Waals surface area contributed by atoms with Crippen LogP contribution in [0.2, 0.25) is 0 Å². The van der Waals surface area contributed by atoms with Gasteiger partial charge in [-0.3, -0.25) is 0 Å². The van der Waals surface area contributed by atoms with Gasteiger partial charge in [0.25, 0.3) is 0 Å². The van der Waals surface area contributed by atoms with Crippen LogP contribution in [0.4, 0.5) is 5.69 Å². The van der Waals surface area contributed by atoms with E-state index in [0.29, 0.717) is 12.0 Å². The summed E-state index contributed by atoms with van der Waals surface area (Å²) in [5.74, 6) is 1.25. The second kappa shape index (κ2) is 6.27. The third kappa shape index (κ3) is 3.38. The summed E-state index contributed by atoms with van der Waals surface area (Å²) in [5, 5.41) is 11.9. The molecule has 0 aliphatic carbocycles. The van der Waals surface area contributed by atoms with Crippen LogP contribution in [-0.4, -0.2) is 25.9 Å². The highest BCUT2D eigenvalue weighted by molar-refractivity contribution is 5.47. The molecule has 0 radical (unpaired) electrons. The molecule has 1 aliphatic heterocycles. The molecule has 2 atom stereocenters. The van der Waals surface area contributed by atoms with Gasteiger partial charge in [-0.25, -0.2) is 0 Å². The standard InChI is InChI=1S/C14H18N2O2/c1-11-10-17-8-6-14(11)16-12-2-4-13(5-3-12)18-9-7-15/h2-5,11,14,16H,6,8-10H2,1H3. The maximum atomic E-state index is 8.43. The summed E-state index contributed by atoms with van der Waals surface area (Å²) in [4.78, 5) is 0. The quantitative estimate of drug-likeness (QED) is 0.886. The first-order chi connectivity index (χ1) is 8.79. The second-order valence-electron chi connectivity index (χ2n) is 4.56. The van der Waals surface area contributed by atoms with Gasteiger partial charge in [0.1, 0.15) is 11.8 Å². The predicted molar refractivity (Wildman–Crippen MR) is 69.6 cm³/mol. The van der Waals surface area contributed by atoms with Crippen LogP contribution in [0.25, 0.3) is 0 Å². The topological polar surface area (TPSA) is 54.3 Å². The first-order valence-electron chi connectivity index (χ1n) is 6.23. The van der Waals surface area contributed by atoms with E-state index in [4.69, 9.17) is 14.7 Å². The van der Waals surface area contributed by atoms with Gasteiger partial charge in [0.2, 0.25) is 0 Å². The molecular formula is C14H18N2O2. The Morgan fingerprint density at radius 2 is 2.22 bits per heavy atom. The molecule has 1 aromatic rings. The zero-order chi connectivity index (χ0) is 12.8. The molecule has 0 spiro atoms. The van der Waals surface area contributed by atoms with Crippen LogP contribution in [0, 0.1) is 17.2 Å². The highest BCUT2D eigenvalue weighted by Gasteiger charge is 2.21. The number of benzene rings is 1. The first-order valence-corrected chi connectivity index (χ1v) is 6.23. The maximum absolute atomic E-state index is 8.43. The van der Waals surface area contributed by atoms with Crippen molar-refractivity contribution in [1.82, 2.24) is 0 Å². The van der Waals surface area contributed by atoms with Gasteiger partial charge in [0.15, 0.2) is 6.61 Å². The van der Waals surface area contributed by atoms with Crippen molar-refractivity contribution in [3.63, 3.8) is 0 Å². The van der Waals surface area contributed by atoms with Crippen molar-refractivity contribution in [2.45, 2.75) is 19.4 Å². The lowest BCUT2D eigenvalue weighted by Gasteiger charge is -2.30. The van der Waals surface area contributed by atoms with E-state index in [0.717, 1.165) is 31.1 Å². The molecule has 2 unspecified atom stereocenters.